The molecule has 0 heterocycles. The lowest BCUT2D eigenvalue weighted by atomic mass is 9.95. The van der Waals surface area contributed by atoms with Gasteiger partial charge in [-0.05, 0) is 51.3 Å². The third-order valence-electron chi connectivity index (χ3n) is 3.28. The van der Waals surface area contributed by atoms with Gasteiger partial charge in [0.05, 0.1) is 0 Å². The summed E-state index contributed by atoms with van der Waals surface area (Å²) in [5, 5.41) is 3.34. The number of nitrogens with one attached hydrogen (secondary N) is 1. The number of hydrogen-bond donors (Lipinski definition) is 1. The lowest BCUT2D eigenvalue weighted by molar-refractivity contribution is 0.393. The fourth-order valence-electron chi connectivity index (χ4n) is 1.74. The molecular formula is C15H25N. The first-order chi connectivity index (χ1) is 7.57. The van der Waals surface area contributed by atoms with Crippen LogP contribution in [0.15, 0.2) is 24.3 Å². The Morgan fingerprint density at radius 1 is 1.00 bits per heavy atom. The largest absolute Gasteiger partial charge is 0.315 e. The highest BCUT2D eigenvalue weighted by Gasteiger charge is 2.13. The van der Waals surface area contributed by atoms with Crippen LogP contribution in [-0.2, 0) is 12.8 Å². The van der Waals surface area contributed by atoms with Crippen LogP contribution in [0.25, 0.3) is 0 Å². The number of aryl methyl sites for hydroxylation is 2. The summed E-state index contributed by atoms with van der Waals surface area (Å²) in [7, 11) is 2.03. The monoisotopic (exact) mass is 219 g/mol. The minimum absolute atomic E-state index is 0.238. The summed E-state index contributed by atoms with van der Waals surface area (Å²) in [6.07, 6.45) is 4.76. The second kappa shape index (κ2) is 6.05. The van der Waals surface area contributed by atoms with Crippen LogP contribution < -0.4 is 5.32 Å². The third-order valence-corrected chi connectivity index (χ3v) is 3.28. The van der Waals surface area contributed by atoms with Crippen LogP contribution in [0.5, 0.6) is 0 Å². The summed E-state index contributed by atoms with van der Waals surface area (Å²) in [6.45, 7) is 6.72. The Hall–Kier alpha value is -0.820. The minimum atomic E-state index is 0.238. The summed E-state index contributed by atoms with van der Waals surface area (Å²) >= 11 is 0. The van der Waals surface area contributed by atoms with Gasteiger partial charge in [0.25, 0.3) is 0 Å². The van der Waals surface area contributed by atoms with Gasteiger partial charge in [-0.1, -0.05) is 37.6 Å². The van der Waals surface area contributed by atoms with Crippen LogP contribution in [0.3, 0.4) is 0 Å². The van der Waals surface area contributed by atoms with Crippen LogP contribution >= 0.6 is 0 Å². The van der Waals surface area contributed by atoms with Crippen molar-refractivity contribution >= 4 is 0 Å². The molecule has 0 atom stereocenters. The molecular weight excluding hydrogens is 194 g/mol. The normalized spacial score (nSPS) is 11.8. The van der Waals surface area contributed by atoms with E-state index in [1.54, 1.807) is 0 Å². The zero-order chi connectivity index (χ0) is 12.0. The van der Waals surface area contributed by atoms with E-state index in [1.165, 1.54) is 30.4 Å². The van der Waals surface area contributed by atoms with Gasteiger partial charge < -0.3 is 5.32 Å². The highest BCUT2D eigenvalue weighted by atomic mass is 14.9. The molecule has 1 aromatic carbocycles. The average molecular weight is 219 g/mol. The Bertz CT molecular complexity index is 298. The first-order valence-corrected chi connectivity index (χ1v) is 6.34. The lowest BCUT2D eigenvalue weighted by Gasteiger charge is -2.23. The Balaban J connectivity index is 2.49. The SMILES string of the molecule is CCCc1ccc(CCC(C)(C)NC)cc1. The standard InChI is InChI=1S/C15H25N/c1-5-6-13-7-9-14(10-8-13)11-12-15(2,3)16-4/h7-10,16H,5-6,11-12H2,1-4H3. The molecule has 0 saturated carbocycles. The van der Waals surface area contributed by atoms with E-state index in [-0.39, 0.29) is 5.54 Å². The van der Waals surface area contributed by atoms with Gasteiger partial charge in [0, 0.05) is 5.54 Å². The molecule has 1 nitrogen and oxygen atoms in total. The molecule has 0 unspecified atom stereocenters. The minimum Gasteiger partial charge on any atom is -0.315 e. The van der Waals surface area contributed by atoms with Crippen LogP contribution in [0, 0.1) is 0 Å². The number of hydrogen-bond acceptors (Lipinski definition) is 1. The molecule has 0 fully saturated rings. The topological polar surface area (TPSA) is 12.0 Å². The molecule has 0 spiro atoms. The van der Waals surface area contributed by atoms with E-state index >= 15 is 0 Å². The van der Waals surface area contributed by atoms with E-state index in [9.17, 15) is 0 Å². The Morgan fingerprint density at radius 3 is 1.94 bits per heavy atom. The fraction of sp³-hybridized carbons (Fsp3) is 0.600. The van der Waals surface area contributed by atoms with E-state index in [0.29, 0.717) is 0 Å². The molecule has 0 saturated heterocycles. The summed E-state index contributed by atoms with van der Waals surface area (Å²) in [6, 6.07) is 9.09. The molecule has 0 amide bonds. The second-order valence-electron chi connectivity index (χ2n) is 5.20. The van der Waals surface area contributed by atoms with Gasteiger partial charge in [-0.2, -0.15) is 0 Å². The van der Waals surface area contributed by atoms with Crippen molar-refractivity contribution in [2.75, 3.05) is 7.05 Å². The second-order valence-corrected chi connectivity index (χ2v) is 5.20. The van der Waals surface area contributed by atoms with Crippen molar-refractivity contribution in [1.29, 1.82) is 0 Å². The molecule has 0 aromatic heterocycles. The molecule has 90 valence electrons. The quantitative estimate of drug-likeness (QED) is 0.771. The van der Waals surface area contributed by atoms with Crippen molar-refractivity contribution in [3.05, 3.63) is 35.4 Å². The van der Waals surface area contributed by atoms with Gasteiger partial charge in [-0.15, -0.1) is 0 Å². The predicted octanol–water partition coefficient (Wildman–Crippen LogP) is 3.57. The van der Waals surface area contributed by atoms with Crippen LogP contribution in [0.1, 0.15) is 44.7 Å². The van der Waals surface area contributed by atoms with E-state index < -0.39 is 0 Å². The van der Waals surface area contributed by atoms with Gasteiger partial charge in [0.1, 0.15) is 0 Å². The Kier molecular flexibility index (Phi) is 5.01. The highest BCUT2D eigenvalue weighted by molar-refractivity contribution is 5.22. The molecule has 16 heavy (non-hydrogen) atoms. The zero-order valence-corrected chi connectivity index (χ0v) is 11.1. The average Bonchev–Trinajstić information content (AvgIpc) is 2.29. The van der Waals surface area contributed by atoms with Crippen LogP contribution in [0.4, 0.5) is 0 Å². The van der Waals surface area contributed by atoms with Crippen molar-refractivity contribution < 1.29 is 0 Å². The van der Waals surface area contributed by atoms with Gasteiger partial charge in [-0.3, -0.25) is 0 Å². The number of benzene rings is 1. The summed E-state index contributed by atoms with van der Waals surface area (Å²) < 4.78 is 0. The highest BCUT2D eigenvalue weighted by Crippen LogP contribution is 2.14. The smallest absolute Gasteiger partial charge is 0.0125 e. The fourth-order valence-corrected chi connectivity index (χ4v) is 1.74. The number of rotatable bonds is 6. The molecule has 1 N–H and O–H groups in total. The van der Waals surface area contributed by atoms with E-state index in [0.717, 1.165) is 6.42 Å². The molecule has 1 aromatic rings. The maximum absolute atomic E-state index is 3.34. The first-order valence-electron chi connectivity index (χ1n) is 6.34. The summed E-state index contributed by atoms with van der Waals surface area (Å²) in [5.74, 6) is 0. The maximum Gasteiger partial charge on any atom is 0.0125 e. The van der Waals surface area contributed by atoms with E-state index in [4.69, 9.17) is 0 Å². The molecule has 1 heteroatoms. The van der Waals surface area contributed by atoms with Crippen molar-refractivity contribution in [3.63, 3.8) is 0 Å². The van der Waals surface area contributed by atoms with Gasteiger partial charge in [0.2, 0.25) is 0 Å². The summed E-state index contributed by atoms with van der Waals surface area (Å²) in [5.41, 5.74) is 3.14. The Morgan fingerprint density at radius 2 is 1.50 bits per heavy atom. The van der Waals surface area contributed by atoms with Crippen LogP contribution in [-0.4, -0.2) is 12.6 Å². The van der Waals surface area contributed by atoms with Crippen molar-refractivity contribution in [2.45, 2.75) is 52.0 Å². The van der Waals surface area contributed by atoms with Crippen LogP contribution in [0.2, 0.25) is 0 Å². The Labute approximate surface area is 100 Å². The van der Waals surface area contributed by atoms with Gasteiger partial charge >= 0.3 is 0 Å². The molecule has 0 radical (unpaired) electrons. The molecule has 0 aliphatic carbocycles. The van der Waals surface area contributed by atoms with Gasteiger partial charge in [-0.25, -0.2) is 0 Å². The third kappa shape index (κ3) is 4.36. The van der Waals surface area contributed by atoms with Crippen molar-refractivity contribution in [1.82, 2.24) is 5.32 Å². The maximum atomic E-state index is 3.34. The molecule has 1 rings (SSSR count). The lowest BCUT2D eigenvalue weighted by Crippen LogP contribution is -2.36. The van der Waals surface area contributed by atoms with Gasteiger partial charge in [0.15, 0.2) is 0 Å². The summed E-state index contributed by atoms with van der Waals surface area (Å²) in [4.78, 5) is 0. The van der Waals surface area contributed by atoms with Crippen molar-refractivity contribution in [3.8, 4) is 0 Å². The zero-order valence-electron chi connectivity index (χ0n) is 11.1. The first kappa shape index (κ1) is 13.2. The molecule has 0 aliphatic rings. The van der Waals surface area contributed by atoms with E-state index in [2.05, 4.69) is 50.4 Å². The van der Waals surface area contributed by atoms with E-state index in [1.807, 2.05) is 7.05 Å². The predicted molar refractivity (Wildman–Crippen MR) is 71.9 cm³/mol. The molecule has 0 aliphatic heterocycles. The van der Waals surface area contributed by atoms with Crippen molar-refractivity contribution in [2.24, 2.45) is 0 Å². The molecule has 0 bridgehead atoms.